The number of carbonyl (C=O) groups excluding carboxylic acids is 1. The average Bonchev–Trinajstić information content (AvgIpc) is 2.89. The lowest BCUT2D eigenvalue weighted by atomic mass is 10.1. The van der Waals surface area contributed by atoms with Gasteiger partial charge < -0.3 is 15.5 Å². The predicted molar refractivity (Wildman–Crippen MR) is 79.8 cm³/mol. The van der Waals surface area contributed by atoms with Crippen LogP contribution in [0.25, 0.3) is 0 Å². The molecule has 20 heavy (non-hydrogen) atoms. The van der Waals surface area contributed by atoms with Crippen LogP contribution >= 0.6 is 11.6 Å². The number of aryl methyl sites for hydroxylation is 1. The maximum absolute atomic E-state index is 12.1. The first-order chi connectivity index (χ1) is 9.56. The van der Waals surface area contributed by atoms with E-state index in [9.17, 15) is 4.79 Å². The Kier molecular flexibility index (Phi) is 4.69. The maximum Gasteiger partial charge on any atom is 0.253 e. The average molecular weight is 293 g/mol. The topological polar surface area (TPSA) is 68.3 Å². The largest absolute Gasteiger partial charge is 0.469 e. The Morgan fingerprint density at radius 1 is 1.45 bits per heavy atom. The van der Waals surface area contributed by atoms with Crippen LogP contribution in [0.15, 0.2) is 41.0 Å². The van der Waals surface area contributed by atoms with Crippen molar-refractivity contribution in [2.45, 2.75) is 25.8 Å². The zero-order valence-electron chi connectivity index (χ0n) is 11.2. The molecule has 1 heterocycles. The third-order valence-corrected chi connectivity index (χ3v) is 3.33. The molecule has 1 atom stereocenters. The van der Waals surface area contributed by atoms with Gasteiger partial charge in [-0.15, -0.1) is 0 Å². The molecule has 2 aromatic rings. The molecule has 1 amide bonds. The van der Waals surface area contributed by atoms with E-state index >= 15 is 0 Å². The van der Waals surface area contributed by atoms with Gasteiger partial charge in [0.25, 0.3) is 5.91 Å². The summed E-state index contributed by atoms with van der Waals surface area (Å²) in [7, 11) is 0. The molecule has 0 aliphatic heterocycles. The highest BCUT2D eigenvalue weighted by Gasteiger charge is 2.13. The Morgan fingerprint density at radius 2 is 2.25 bits per heavy atom. The fraction of sp³-hybridized carbons (Fsp3) is 0.267. The molecular formula is C15H17ClN2O2. The van der Waals surface area contributed by atoms with Crippen LogP contribution in [0.3, 0.4) is 0 Å². The van der Waals surface area contributed by atoms with Gasteiger partial charge in [0.1, 0.15) is 5.76 Å². The first-order valence-corrected chi connectivity index (χ1v) is 6.82. The molecule has 3 N–H and O–H groups in total. The third-order valence-electron chi connectivity index (χ3n) is 3.02. The Balaban J connectivity index is 1.90. The molecule has 106 valence electrons. The van der Waals surface area contributed by atoms with E-state index in [1.54, 1.807) is 24.5 Å². The lowest BCUT2D eigenvalue weighted by molar-refractivity contribution is 0.0938. The van der Waals surface area contributed by atoms with E-state index < -0.39 is 0 Å². The van der Waals surface area contributed by atoms with E-state index in [2.05, 4.69) is 5.32 Å². The van der Waals surface area contributed by atoms with Crippen molar-refractivity contribution in [1.82, 2.24) is 5.32 Å². The minimum absolute atomic E-state index is 0.0289. The molecule has 0 saturated heterocycles. The zero-order valence-corrected chi connectivity index (χ0v) is 12.0. The van der Waals surface area contributed by atoms with Crippen LogP contribution in [0, 0.1) is 0 Å². The van der Waals surface area contributed by atoms with E-state index in [1.807, 2.05) is 19.1 Å². The number of hydrogen-bond acceptors (Lipinski definition) is 3. The normalized spacial score (nSPS) is 12.1. The molecule has 0 radical (unpaired) electrons. The summed E-state index contributed by atoms with van der Waals surface area (Å²) in [5.41, 5.74) is 6.58. The molecule has 4 nitrogen and oxygen atoms in total. The summed E-state index contributed by atoms with van der Waals surface area (Å²) in [5, 5.41) is 3.27. The van der Waals surface area contributed by atoms with Gasteiger partial charge in [0.15, 0.2) is 0 Å². The number of amides is 1. The smallest absolute Gasteiger partial charge is 0.253 e. The highest BCUT2D eigenvalue weighted by Crippen LogP contribution is 2.19. The number of halogens is 1. The Morgan fingerprint density at radius 3 is 2.90 bits per heavy atom. The van der Waals surface area contributed by atoms with E-state index in [0.717, 1.165) is 18.6 Å². The van der Waals surface area contributed by atoms with Gasteiger partial charge in [-0.05, 0) is 43.7 Å². The molecule has 1 unspecified atom stereocenters. The fourth-order valence-electron chi connectivity index (χ4n) is 1.90. The fourth-order valence-corrected chi connectivity index (χ4v) is 2.18. The van der Waals surface area contributed by atoms with E-state index in [1.165, 1.54) is 0 Å². The summed E-state index contributed by atoms with van der Waals surface area (Å²) in [4.78, 5) is 12.1. The second kappa shape index (κ2) is 6.48. The highest BCUT2D eigenvalue weighted by atomic mass is 35.5. The molecule has 5 heteroatoms. The molecule has 0 aliphatic rings. The van der Waals surface area contributed by atoms with E-state index in [-0.39, 0.29) is 11.9 Å². The highest BCUT2D eigenvalue weighted by molar-refractivity contribution is 6.34. The molecule has 0 spiro atoms. The van der Waals surface area contributed by atoms with Crippen LogP contribution < -0.4 is 11.1 Å². The number of hydrogen-bond donors (Lipinski definition) is 2. The monoisotopic (exact) mass is 292 g/mol. The number of rotatable bonds is 5. The van der Waals surface area contributed by atoms with Gasteiger partial charge in [0, 0.05) is 18.2 Å². The number of furan rings is 1. The summed E-state index contributed by atoms with van der Waals surface area (Å²) in [5.74, 6) is 0.721. The molecule has 2 rings (SSSR count). The van der Waals surface area contributed by atoms with Gasteiger partial charge in [-0.2, -0.15) is 0 Å². The summed E-state index contributed by atoms with van der Waals surface area (Å²) in [6.45, 7) is 1.95. The Labute approximate surface area is 122 Å². The van der Waals surface area contributed by atoms with Crippen molar-refractivity contribution in [1.29, 1.82) is 0 Å². The van der Waals surface area contributed by atoms with Crippen molar-refractivity contribution in [2.24, 2.45) is 0 Å². The van der Waals surface area contributed by atoms with Crippen LogP contribution in [-0.2, 0) is 6.42 Å². The van der Waals surface area contributed by atoms with Gasteiger partial charge in [0.05, 0.1) is 16.8 Å². The number of nitrogens with two attached hydrogens (primary N) is 1. The molecule has 0 bridgehead atoms. The number of nitrogen functional groups attached to an aromatic ring is 1. The van der Waals surface area contributed by atoms with E-state index in [4.69, 9.17) is 21.8 Å². The van der Waals surface area contributed by atoms with E-state index in [0.29, 0.717) is 16.3 Å². The summed E-state index contributed by atoms with van der Waals surface area (Å²) in [6.07, 6.45) is 3.22. The number of benzene rings is 1. The summed E-state index contributed by atoms with van der Waals surface area (Å²) < 4.78 is 5.26. The Bertz CT molecular complexity index is 582. The van der Waals surface area contributed by atoms with Gasteiger partial charge in [-0.25, -0.2) is 0 Å². The Hall–Kier alpha value is -1.94. The maximum atomic E-state index is 12.1. The molecule has 0 aliphatic carbocycles. The van der Waals surface area contributed by atoms with Crippen molar-refractivity contribution >= 4 is 23.2 Å². The van der Waals surface area contributed by atoms with Gasteiger partial charge in [-0.1, -0.05) is 11.6 Å². The first kappa shape index (κ1) is 14.5. The van der Waals surface area contributed by atoms with Gasteiger partial charge >= 0.3 is 0 Å². The van der Waals surface area contributed by atoms with Crippen molar-refractivity contribution in [3.63, 3.8) is 0 Å². The number of nitrogens with one attached hydrogen (secondary N) is 1. The predicted octanol–water partition coefficient (Wildman–Crippen LogP) is 3.27. The van der Waals surface area contributed by atoms with Crippen molar-refractivity contribution in [3.05, 3.63) is 52.9 Å². The van der Waals surface area contributed by atoms with Crippen LogP contribution in [-0.4, -0.2) is 11.9 Å². The molecule has 1 aromatic carbocycles. The van der Waals surface area contributed by atoms with Crippen molar-refractivity contribution in [2.75, 3.05) is 5.73 Å². The number of carbonyl (C=O) groups is 1. The standard InChI is InChI=1S/C15H17ClN2O2/c1-10(4-6-12-3-2-8-20-12)18-15(19)13-7-5-11(17)9-14(13)16/h2-3,5,7-10H,4,6,17H2,1H3,(H,18,19). The number of anilines is 1. The van der Waals surface area contributed by atoms with Crippen LogP contribution in [0.1, 0.15) is 29.5 Å². The van der Waals surface area contributed by atoms with Gasteiger partial charge in [-0.3, -0.25) is 4.79 Å². The third kappa shape index (κ3) is 3.78. The molecule has 0 saturated carbocycles. The molecular weight excluding hydrogens is 276 g/mol. The lowest BCUT2D eigenvalue weighted by Crippen LogP contribution is -2.33. The summed E-state index contributed by atoms with van der Waals surface area (Å²) in [6, 6.07) is 8.67. The quantitative estimate of drug-likeness (QED) is 0.831. The first-order valence-electron chi connectivity index (χ1n) is 6.44. The summed E-state index contributed by atoms with van der Waals surface area (Å²) >= 11 is 6.01. The van der Waals surface area contributed by atoms with Gasteiger partial charge in [0.2, 0.25) is 0 Å². The molecule has 0 fully saturated rings. The SMILES string of the molecule is CC(CCc1ccco1)NC(=O)c1ccc(N)cc1Cl. The minimum atomic E-state index is -0.193. The zero-order chi connectivity index (χ0) is 14.5. The van der Waals surface area contributed by atoms with Crippen LogP contribution in [0.5, 0.6) is 0 Å². The second-order valence-electron chi connectivity index (χ2n) is 4.73. The van der Waals surface area contributed by atoms with Crippen molar-refractivity contribution < 1.29 is 9.21 Å². The van der Waals surface area contributed by atoms with Crippen molar-refractivity contribution in [3.8, 4) is 0 Å². The minimum Gasteiger partial charge on any atom is -0.469 e. The van der Waals surface area contributed by atoms with Crippen LogP contribution in [0.2, 0.25) is 5.02 Å². The van der Waals surface area contributed by atoms with Crippen LogP contribution in [0.4, 0.5) is 5.69 Å². The second-order valence-corrected chi connectivity index (χ2v) is 5.14. The lowest BCUT2D eigenvalue weighted by Gasteiger charge is -2.14. The molecule has 1 aromatic heterocycles.